The summed E-state index contributed by atoms with van der Waals surface area (Å²) in [5.41, 5.74) is 5.24. The first-order valence-corrected chi connectivity index (χ1v) is 6.76. The number of amides is 2. The van der Waals surface area contributed by atoms with Crippen molar-refractivity contribution in [3.63, 3.8) is 0 Å². The quantitative estimate of drug-likeness (QED) is 0.605. The molecule has 19 heavy (non-hydrogen) atoms. The molecule has 0 aromatic rings. The third-order valence-electron chi connectivity index (χ3n) is 3.42. The molecule has 1 fully saturated rings. The Kier molecular flexibility index (Phi) is 6.20. The van der Waals surface area contributed by atoms with E-state index in [0.717, 1.165) is 19.3 Å². The largest absolute Gasteiger partial charge is 0.462 e. The number of hydrogen-bond donors (Lipinski definition) is 1. The molecule has 106 valence electrons. The van der Waals surface area contributed by atoms with Gasteiger partial charge in [0, 0.05) is 19.5 Å². The number of urea groups is 1. The van der Waals surface area contributed by atoms with Crippen LogP contribution in [0.3, 0.4) is 0 Å². The minimum atomic E-state index is -0.475. The first-order chi connectivity index (χ1) is 9.08. The Balaban J connectivity index is 2.47. The fourth-order valence-electron chi connectivity index (χ4n) is 2.22. The van der Waals surface area contributed by atoms with Gasteiger partial charge in [0.2, 0.25) is 0 Å². The maximum atomic E-state index is 12.0. The molecule has 0 saturated carbocycles. The number of likely N-dealkylation sites (tertiary alicyclic amines) is 1. The average molecular weight is 266 g/mol. The van der Waals surface area contributed by atoms with E-state index in [9.17, 15) is 9.59 Å². The second-order valence-electron chi connectivity index (χ2n) is 4.83. The SMILES string of the molecule is C#CCC[C@H](CC)OC(=O)[C@H]1CCCN(C(N)=O)C1. The van der Waals surface area contributed by atoms with Gasteiger partial charge in [0.15, 0.2) is 0 Å². The summed E-state index contributed by atoms with van der Waals surface area (Å²) in [7, 11) is 0. The molecule has 1 rings (SSSR count). The highest BCUT2D eigenvalue weighted by molar-refractivity contribution is 5.76. The fourth-order valence-corrected chi connectivity index (χ4v) is 2.22. The van der Waals surface area contributed by atoms with E-state index in [1.165, 1.54) is 4.90 Å². The fraction of sp³-hybridized carbons (Fsp3) is 0.714. The lowest BCUT2D eigenvalue weighted by Crippen LogP contribution is -2.45. The molecule has 0 radical (unpaired) electrons. The Morgan fingerprint density at radius 1 is 1.58 bits per heavy atom. The molecule has 0 spiro atoms. The van der Waals surface area contributed by atoms with Crippen LogP contribution >= 0.6 is 0 Å². The van der Waals surface area contributed by atoms with E-state index in [1.807, 2.05) is 6.92 Å². The number of carbonyl (C=O) groups excluding carboxylic acids is 2. The zero-order valence-electron chi connectivity index (χ0n) is 11.4. The van der Waals surface area contributed by atoms with Crippen LogP contribution in [0.25, 0.3) is 0 Å². The van der Waals surface area contributed by atoms with Gasteiger partial charge in [-0.25, -0.2) is 4.79 Å². The number of nitrogens with zero attached hydrogens (tertiary/aromatic N) is 1. The van der Waals surface area contributed by atoms with Crippen molar-refractivity contribution in [2.24, 2.45) is 11.7 Å². The predicted molar refractivity (Wildman–Crippen MR) is 72.1 cm³/mol. The molecule has 5 nitrogen and oxygen atoms in total. The molecule has 0 aliphatic carbocycles. The van der Waals surface area contributed by atoms with Gasteiger partial charge in [0.1, 0.15) is 6.10 Å². The van der Waals surface area contributed by atoms with E-state index >= 15 is 0 Å². The smallest absolute Gasteiger partial charge is 0.314 e. The molecule has 0 aromatic carbocycles. The number of esters is 1. The van der Waals surface area contributed by atoms with Gasteiger partial charge < -0.3 is 15.4 Å². The molecular weight excluding hydrogens is 244 g/mol. The number of primary amides is 1. The summed E-state index contributed by atoms with van der Waals surface area (Å²) in [6.07, 6.45) is 8.64. The topological polar surface area (TPSA) is 72.6 Å². The standard InChI is InChI=1S/C14H22N2O3/c1-3-5-8-12(4-2)19-13(17)11-7-6-9-16(10-11)14(15)18/h1,11-12H,4-10H2,2H3,(H2,15,18)/t11-,12-/m0/s1. The molecule has 0 bridgehead atoms. The molecule has 0 aromatic heterocycles. The van der Waals surface area contributed by atoms with Crippen LogP contribution in [0.15, 0.2) is 0 Å². The molecule has 2 atom stereocenters. The van der Waals surface area contributed by atoms with Gasteiger partial charge in [-0.05, 0) is 25.7 Å². The van der Waals surface area contributed by atoms with Gasteiger partial charge >= 0.3 is 12.0 Å². The maximum absolute atomic E-state index is 12.0. The van der Waals surface area contributed by atoms with Crippen LogP contribution in [-0.4, -0.2) is 36.1 Å². The number of terminal acetylenes is 1. The van der Waals surface area contributed by atoms with Crippen LogP contribution in [-0.2, 0) is 9.53 Å². The van der Waals surface area contributed by atoms with E-state index < -0.39 is 6.03 Å². The minimum absolute atomic E-state index is 0.132. The Hall–Kier alpha value is -1.70. The van der Waals surface area contributed by atoms with E-state index in [0.29, 0.717) is 25.9 Å². The lowest BCUT2D eigenvalue weighted by molar-refractivity contribution is -0.156. The molecule has 2 amide bonds. The molecule has 5 heteroatoms. The van der Waals surface area contributed by atoms with Gasteiger partial charge in [-0.15, -0.1) is 12.3 Å². The monoisotopic (exact) mass is 266 g/mol. The molecule has 1 heterocycles. The third-order valence-corrected chi connectivity index (χ3v) is 3.42. The highest BCUT2D eigenvalue weighted by Gasteiger charge is 2.29. The van der Waals surface area contributed by atoms with Crippen molar-refractivity contribution in [1.29, 1.82) is 0 Å². The molecule has 0 unspecified atom stereocenters. The molecule has 2 N–H and O–H groups in total. The van der Waals surface area contributed by atoms with E-state index in [2.05, 4.69) is 5.92 Å². The Labute approximate surface area is 114 Å². The first kappa shape index (κ1) is 15.4. The van der Waals surface area contributed by atoms with Crippen LogP contribution in [0.4, 0.5) is 4.79 Å². The van der Waals surface area contributed by atoms with Gasteiger partial charge in [-0.2, -0.15) is 0 Å². The lowest BCUT2D eigenvalue weighted by atomic mass is 9.98. The Morgan fingerprint density at radius 2 is 2.32 bits per heavy atom. The van der Waals surface area contributed by atoms with E-state index in [4.69, 9.17) is 16.9 Å². The molecule has 1 saturated heterocycles. The van der Waals surface area contributed by atoms with E-state index in [1.54, 1.807) is 0 Å². The minimum Gasteiger partial charge on any atom is -0.462 e. The average Bonchev–Trinajstić information content (AvgIpc) is 2.43. The summed E-state index contributed by atoms with van der Waals surface area (Å²) in [4.78, 5) is 24.7. The summed E-state index contributed by atoms with van der Waals surface area (Å²) in [6, 6.07) is -0.475. The van der Waals surface area contributed by atoms with Crippen molar-refractivity contribution in [2.75, 3.05) is 13.1 Å². The summed E-state index contributed by atoms with van der Waals surface area (Å²) in [5, 5.41) is 0. The number of nitrogens with two attached hydrogens (primary N) is 1. The number of hydrogen-bond acceptors (Lipinski definition) is 3. The zero-order valence-corrected chi connectivity index (χ0v) is 11.4. The van der Waals surface area contributed by atoms with Gasteiger partial charge in [0.25, 0.3) is 0 Å². The maximum Gasteiger partial charge on any atom is 0.314 e. The van der Waals surface area contributed by atoms with Gasteiger partial charge in [0.05, 0.1) is 5.92 Å². The second-order valence-corrected chi connectivity index (χ2v) is 4.83. The predicted octanol–water partition coefficient (Wildman–Crippen LogP) is 1.51. The van der Waals surface area contributed by atoms with Crippen molar-refractivity contribution in [2.45, 2.75) is 45.1 Å². The second kappa shape index (κ2) is 7.67. The van der Waals surface area contributed by atoms with Crippen molar-refractivity contribution in [1.82, 2.24) is 4.90 Å². The Bertz CT molecular complexity index is 362. The van der Waals surface area contributed by atoms with Crippen LogP contribution in [0.5, 0.6) is 0 Å². The number of carbonyl (C=O) groups is 2. The van der Waals surface area contributed by atoms with E-state index in [-0.39, 0.29) is 18.0 Å². The molecular formula is C14H22N2O3. The lowest BCUT2D eigenvalue weighted by Gasteiger charge is -2.31. The van der Waals surface area contributed by atoms with Crippen molar-refractivity contribution in [3.8, 4) is 12.3 Å². The van der Waals surface area contributed by atoms with Crippen LogP contribution < -0.4 is 5.73 Å². The van der Waals surface area contributed by atoms with Gasteiger partial charge in [-0.3, -0.25) is 4.79 Å². The third kappa shape index (κ3) is 4.82. The summed E-state index contributed by atoms with van der Waals surface area (Å²) in [6.45, 7) is 2.94. The number of rotatable bonds is 5. The highest BCUT2D eigenvalue weighted by atomic mass is 16.5. The summed E-state index contributed by atoms with van der Waals surface area (Å²) in [5.74, 6) is 2.04. The Morgan fingerprint density at radius 3 is 2.89 bits per heavy atom. The first-order valence-electron chi connectivity index (χ1n) is 6.76. The van der Waals surface area contributed by atoms with Crippen molar-refractivity contribution in [3.05, 3.63) is 0 Å². The van der Waals surface area contributed by atoms with Gasteiger partial charge in [-0.1, -0.05) is 6.92 Å². The molecule has 1 aliphatic heterocycles. The number of piperidine rings is 1. The van der Waals surface area contributed by atoms with Crippen LogP contribution in [0, 0.1) is 18.3 Å². The van der Waals surface area contributed by atoms with Crippen LogP contribution in [0.2, 0.25) is 0 Å². The summed E-state index contributed by atoms with van der Waals surface area (Å²) < 4.78 is 5.46. The summed E-state index contributed by atoms with van der Waals surface area (Å²) >= 11 is 0. The van der Waals surface area contributed by atoms with Crippen LogP contribution in [0.1, 0.15) is 39.0 Å². The van der Waals surface area contributed by atoms with Crippen molar-refractivity contribution < 1.29 is 14.3 Å². The normalized spacial score (nSPS) is 20.4. The zero-order chi connectivity index (χ0) is 14.3. The van der Waals surface area contributed by atoms with Crippen molar-refractivity contribution >= 4 is 12.0 Å². The highest BCUT2D eigenvalue weighted by Crippen LogP contribution is 2.19. The number of ether oxygens (including phenoxy) is 1. The molecule has 1 aliphatic rings.